The number of aryl methyl sites for hydroxylation is 1. The Hall–Kier alpha value is -1.65. The van der Waals surface area contributed by atoms with Crippen molar-refractivity contribution in [3.63, 3.8) is 0 Å². The van der Waals surface area contributed by atoms with Gasteiger partial charge in [-0.2, -0.15) is 8.42 Å². The Balaban J connectivity index is 1.85. The van der Waals surface area contributed by atoms with E-state index in [1.807, 2.05) is 25.1 Å². The maximum atomic E-state index is 12.7. The summed E-state index contributed by atoms with van der Waals surface area (Å²) < 4.78 is 31.1. The molecule has 0 aromatic heterocycles. The van der Waals surface area contributed by atoms with Crippen molar-refractivity contribution in [2.24, 2.45) is 0 Å². The lowest BCUT2D eigenvalue weighted by atomic mass is 9.90. The average Bonchev–Trinajstić information content (AvgIpc) is 2.81. The van der Waals surface area contributed by atoms with Crippen LogP contribution in [-0.2, 0) is 14.3 Å². The van der Waals surface area contributed by atoms with E-state index in [-0.39, 0.29) is 16.9 Å². The van der Waals surface area contributed by atoms with Crippen LogP contribution in [0.4, 0.5) is 0 Å². The maximum absolute atomic E-state index is 12.7. The average molecular weight is 344 g/mol. The van der Waals surface area contributed by atoms with Crippen molar-refractivity contribution in [3.8, 4) is 0 Å². The highest BCUT2D eigenvalue weighted by Gasteiger charge is 2.30. The molecule has 0 spiro atoms. The fourth-order valence-electron chi connectivity index (χ4n) is 3.39. The Morgan fingerprint density at radius 3 is 2.25 bits per heavy atom. The topological polar surface area (TPSA) is 43.4 Å². The number of hydrogen-bond donors (Lipinski definition) is 0. The van der Waals surface area contributed by atoms with Crippen LogP contribution in [0.25, 0.3) is 0 Å². The van der Waals surface area contributed by atoms with Crippen molar-refractivity contribution in [1.82, 2.24) is 0 Å². The lowest BCUT2D eigenvalue weighted by molar-refractivity contribution is 0.168. The molecule has 0 radical (unpaired) electrons. The second kappa shape index (κ2) is 7.49. The van der Waals surface area contributed by atoms with Crippen LogP contribution in [0.1, 0.15) is 49.1 Å². The van der Waals surface area contributed by atoms with Gasteiger partial charge < -0.3 is 0 Å². The van der Waals surface area contributed by atoms with E-state index in [4.69, 9.17) is 4.18 Å². The largest absolute Gasteiger partial charge is 0.297 e. The second-order valence-corrected chi connectivity index (χ2v) is 8.13. The van der Waals surface area contributed by atoms with Crippen molar-refractivity contribution in [2.75, 3.05) is 0 Å². The zero-order valence-electron chi connectivity index (χ0n) is 14.0. The van der Waals surface area contributed by atoms with E-state index in [1.54, 1.807) is 24.3 Å². The van der Waals surface area contributed by atoms with Gasteiger partial charge in [0.25, 0.3) is 10.1 Å². The highest BCUT2D eigenvalue weighted by atomic mass is 32.2. The van der Waals surface area contributed by atoms with Crippen molar-refractivity contribution < 1.29 is 12.6 Å². The SMILES string of the molecule is Cc1ccc(S(=O)(=O)O[C@H]2CCCCC[C@@H]2c2ccccc2)cc1. The molecule has 128 valence electrons. The molecular formula is C20H24O3S. The molecule has 3 nitrogen and oxygen atoms in total. The lowest BCUT2D eigenvalue weighted by Gasteiger charge is -2.25. The minimum absolute atomic E-state index is 0.133. The molecule has 3 rings (SSSR count). The molecule has 0 amide bonds. The molecule has 2 aromatic rings. The molecule has 1 fully saturated rings. The Labute approximate surface area is 144 Å². The van der Waals surface area contributed by atoms with Gasteiger partial charge in [-0.25, -0.2) is 0 Å². The van der Waals surface area contributed by atoms with Crippen molar-refractivity contribution in [1.29, 1.82) is 0 Å². The molecule has 0 N–H and O–H groups in total. The van der Waals surface area contributed by atoms with Gasteiger partial charge in [-0.3, -0.25) is 4.18 Å². The molecular weight excluding hydrogens is 320 g/mol. The van der Waals surface area contributed by atoms with Crippen LogP contribution in [0.3, 0.4) is 0 Å². The summed E-state index contributed by atoms with van der Waals surface area (Å²) >= 11 is 0. The summed E-state index contributed by atoms with van der Waals surface area (Å²) in [6, 6.07) is 17.0. The monoisotopic (exact) mass is 344 g/mol. The highest BCUT2D eigenvalue weighted by Crippen LogP contribution is 2.35. The van der Waals surface area contributed by atoms with E-state index >= 15 is 0 Å². The minimum Gasteiger partial charge on any atom is -0.262 e. The van der Waals surface area contributed by atoms with Crippen LogP contribution < -0.4 is 0 Å². The smallest absolute Gasteiger partial charge is 0.262 e. The molecule has 0 saturated heterocycles. The molecule has 2 aromatic carbocycles. The van der Waals surface area contributed by atoms with E-state index in [0.717, 1.165) is 37.7 Å². The van der Waals surface area contributed by atoms with E-state index in [1.165, 1.54) is 5.56 Å². The zero-order chi connectivity index (χ0) is 17.0. The van der Waals surface area contributed by atoms with Gasteiger partial charge in [-0.05, 0) is 37.5 Å². The molecule has 0 heterocycles. The minimum atomic E-state index is -3.73. The van der Waals surface area contributed by atoms with Crippen LogP contribution in [0, 0.1) is 6.92 Å². The van der Waals surface area contributed by atoms with E-state index in [0.29, 0.717) is 0 Å². The molecule has 4 heteroatoms. The molecule has 1 saturated carbocycles. The van der Waals surface area contributed by atoms with Crippen molar-refractivity contribution in [2.45, 2.75) is 55.9 Å². The third kappa shape index (κ3) is 4.05. The van der Waals surface area contributed by atoms with Gasteiger partial charge in [0.2, 0.25) is 0 Å². The molecule has 1 aliphatic carbocycles. The Bertz CT molecular complexity index is 751. The Morgan fingerprint density at radius 2 is 1.54 bits per heavy atom. The quantitative estimate of drug-likeness (QED) is 0.590. The summed E-state index contributed by atoms with van der Waals surface area (Å²) in [6.07, 6.45) is 4.72. The van der Waals surface area contributed by atoms with Crippen LogP contribution in [0.5, 0.6) is 0 Å². The predicted octanol–water partition coefficient (Wildman–Crippen LogP) is 4.82. The third-order valence-electron chi connectivity index (χ3n) is 4.74. The number of rotatable bonds is 4. The molecule has 1 aliphatic rings. The number of hydrogen-bond acceptors (Lipinski definition) is 3. The lowest BCUT2D eigenvalue weighted by Crippen LogP contribution is -2.25. The standard InChI is InChI=1S/C20H24O3S/c1-16-12-14-18(15-13-16)24(21,22)23-20-11-7-3-6-10-19(20)17-8-4-2-5-9-17/h2,4-5,8-9,12-15,19-20H,3,6-7,10-11H2,1H3/t19-,20+/m1/s1. The molecule has 24 heavy (non-hydrogen) atoms. The highest BCUT2D eigenvalue weighted by molar-refractivity contribution is 7.86. The van der Waals surface area contributed by atoms with Crippen LogP contribution in [0.15, 0.2) is 59.5 Å². The van der Waals surface area contributed by atoms with Gasteiger partial charge in [-0.1, -0.05) is 67.3 Å². The summed E-state index contributed by atoms with van der Waals surface area (Å²) in [7, 11) is -3.73. The first-order chi connectivity index (χ1) is 11.6. The predicted molar refractivity (Wildman–Crippen MR) is 95.5 cm³/mol. The molecule has 2 atom stereocenters. The molecule has 0 aliphatic heterocycles. The Morgan fingerprint density at radius 1 is 0.875 bits per heavy atom. The van der Waals surface area contributed by atoms with Gasteiger partial charge in [0.05, 0.1) is 11.0 Å². The summed E-state index contributed by atoms with van der Waals surface area (Å²) in [5.74, 6) is 0.133. The van der Waals surface area contributed by atoms with E-state index in [2.05, 4.69) is 12.1 Å². The van der Waals surface area contributed by atoms with Gasteiger partial charge >= 0.3 is 0 Å². The van der Waals surface area contributed by atoms with E-state index < -0.39 is 10.1 Å². The summed E-state index contributed by atoms with van der Waals surface area (Å²) in [6.45, 7) is 1.94. The van der Waals surface area contributed by atoms with Crippen LogP contribution in [0.2, 0.25) is 0 Å². The summed E-state index contributed by atoms with van der Waals surface area (Å²) in [5.41, 5.74) is 2.20. The first-order valence-electron chi connectivity index (χ1n) is 8.61. The van der Waals surface area contributed by atoms with Crippen molar-refractivity contribution in [3.05, 3.63) is 65.7 Å². The van der Waals surface area contributed by atoms with Gasteiger partial charge in [-0.15, -0.1) is 0 Å². The van der Waals surface area contributed by atoms with Crippen LogP contribution in [-0.4, -0.2) is 14.5 Å². The van der Waals surface area contributed by atoms with E-state index in [9.17, 15) is 8.42 Å². The first kappa shape index (κ1) is 17.2. The van der Waals surface area contributed by atoms with Gasteiger partial charge in [0.15, 0.2) is 0 Å². The normalized spacial score (nSPS) is 22.0. The second-order valence-electron chi connectivity index (χ2n) is 6.56. The van der Waals surface area contributed by atoms with Crippen LogP contribution >= 0.6 is 0 Å². The number of benzene rings is 2. The maximum Gasteiger partial charge on any atom is 0.297 e. The summed E-state index contributed by atoms with van der Waals surface area (Å²) in [5, 5.41) is 0. The van der Waals surface area contributed by atoms with Crippen molar-refractivity contribution >= 4 is 10.1 Å². The molecule has 0 unspecified atom stereocenters. The zero-order valence-corrected chi connectivity index (χ0v) is 14.8. The fraction of sp³-hybridized carbons (Fsp3) is 0.400. The van der Waals surface area contributed by atoms with Gasteiger partial charge in [0, 0.05) is 5.92 Å². The van der Waals surface area contributed by atoms with Gasteiger partial charge in [0.1, 0.15) is 0 Å². The summed E-state index contributed by atoms with van der Waals surface area (Å²) in [4.78, 5) is 0.240. The fourth-order valence-corrected chi connectivity index (χ4v) is 4.53. The third-order valence-corrected chi connectivity index (χ3v) is 6.09. The molecule has 0 bridgehead atoms. The first-order valence-corrected chi connectivity index (χ1v) is 10.0. The Kier molecular flexibility index (Phi) is 5.36.